The molecule has 3 nitrogen and oxygen atoms in total. The third kappa shape index (κ3) is 3.45. The van der Waals surface area contributed by atoms with Gasteiger partial charge in [0.2, 0.25) is 0 Å². The summed E-state index contributed by atoms with van der Waals surface area (Å²) in [6.45, 7) is -1.19. The Morgan fingerprint density at radius 2 is 2.00 bits per heavy atom. The van der Waals surface area contributed by atoms with E-state index in [0.29, 0.717) is 0 Å². The smallest absolute Gasteiger partial charge is 0.405 e. The lowest BCUT2D eigenvalue weighted by atomic mass is 10.2. The summed E-state index contributed by atoms with van der Waals surface area (Å²) in [5, 5.41) is 2.14. The molecule has 0 aliphatic carbocycles. The van der Waals surface area contributed by atoms with Crippen molar-refractivity contribution in [2.75, 3.05) is 19.0 Å². The largest absolute Gasteiger partial charge is 0.465 e. The van der Waals surface area contributed by atoms with Gasteiger partial charge in [-0.25, -0.2) is 4.79 Å². The van der Waals surface area contributed by atoms with Gasteiger partial charge in [0.1, 0.15) is 6.54 Å². The van der Waals surface area contributed by atoms with Crippen molar-refractivity contribution < 1.29 is 22.7 Å². The summed E-state index contributed by atoms with van der Waals surface area (Å²) in [7, 11) is 1.17. The summed E-state index contributed by atoms with van der Waals surface area (Å²) >= 11 is 0. The fraction of sp³-hybridized carbons (Fsp3) is 0.300. The van der Waals surface area contributed by atoms with Crippen LogP contribution >= 0.6 is 0 Å². The van der Waals surface area contributed by atoms with Crippen molar-refractivity contribution in [2.45, 2.75) is 6.18 Å². The number of methoxy groups -OCH3 is 1. The zero-order valence-electron chi connectivity index (χ0n) is 8.47. The third-order valence-electron chi connectivity index (χ3n) is 1.81. The van der Waals surface area contributed by atoms with Gasteiger partial charge in [0, 0.05) is 5.69 Å². The molecule has 0 saturated carbocycles. The molecule has 0 heterocycles. The van der Waals surface area contributed by atoms with Gasteiger partial charge in [-0.3, -0.25) is 0 Å². The Kier molecular flexibility index (Phi) is 3.76. The van der Waals surface area contributed by atoms with Gasteiger partial charge >= 0.3 is 12.1 Å². The van der Waals surface area contributed by atoms with Crippen LogP contribution in [0, 0.1) is 0 Å². The lowest BCUT2D eigenvalue weighted by Crippen LogP contribution is -2.22. The number of esters is 1. The second-order valence-corrected chi connectivity index (χ2v) is 3.01. The second kappa shape index (κ2) is 4.87. The van der Waals surface area contributed by atoms with Crippen LogP contribution in [0.4, 0.5) is 18.9 Å². The molecule has 0 spiro atoms. The van der Waals surface area contributed by atoms with Gasteiger partial charge in [-0.1, -0.05) is 12.1 Å². The monoisotopic (exact) mass is 233 g/mol. The summed E-state index contributed by atoms with van der Waals surface area (Å²) in [6.07, 6.45) is -4.33. The van der Waals surface area contributed by atoms with Crippen molar-refractivity contribution in [1.82, 2.24) is 0 Å². The molecule has 0 unspecified atom stereocenters. The zero-order valence-corrected chi connectivity index (χ0v) is 8.47. The standard InChI is InChI=1S/C10H10F3NO2/c1-16-9(15)7-4-2-3-5-8(7)14-6-10(11,12)13/h2-5,14H,6H2,1H3. The Bertz CT molecular complexity index is 377. The van der Waals surface area contributed by atoms with E-state index >= 15 is 0 Å². The molecule has 0 aliphatic rings. The zero-order chi connectivity index (χ0) is 12.2. The highest BCUT2D eigenvalue weighted by Gasteiger charge is 2.27. The molecule has 1 aromatic rings. The number of carbonyl (C=O) groups excluding carboxylic acids is 1. The normalized spacial score (nSPS) is 11.0. The Hall–Kier alpha value is -1.72. The highest BCUT2D eigenvalue weighted by atomic mass is 19.4. The van der Waals surface area contributed by atoms with Gasteiger partial charge < -0.3 is 10.1 Å². The number of nitrogens with one attached hydrogen (secondary N) is 1. The van der Waals surface area contributed by atoms with Crippen LogP contribution in [-0.4, -0.2) is 25.8 Å². The number of para-hydroxylation sites is 1. The Labute approximate surface area is 90.2 Å². The van der Waals surface area contributed by atoms with E-state index < -0.39 is 18.7 Å². The number of halogens is 3. The first-order valence-corrected chi connectivity index (χ1v) is 4.42. The molecule has 1 N–H and O–H groups in total. The molecule has 0 bridgehead atoms. The molecular weight excluding hydrogens is 223 g/mol. The maximum absolute atomic E-state index is 12.0. The lowest BCUT2D eigenvalue weighted by molar-refractivity contribution is -0.115. The van der Waals surface area contributed by atoms with Gasteiger partial charge in [-0.05, 0) is 12.1 Å². The van der Waals surface area contributed by atoms with E-state index in [1.165, 1.54) is 25.3 Å². The summed E-state index contributed by atoms with van der Waals surface area (Å²) in [5.41, 5.74) is 0.181. The first-order valence-electron chi connectivity index (χ1n) is 4.42. The molecule has 0 fully saturated rings. The molecule has 0 atom stereocenters. The predicted octanol–water partition coefficient (Wildman–Crippen LogP) is 2.45. The van der Waals surface area contributed by atoms with Crippen LogP contribution in [0.15, 0.2) is 24.3 Å². The van der Waals surface area contributed by atoms with E-state index in [0.717, 1.165) is 0 Å². The quantitative estimate of drug-likeness (QED) is 0.815. The Morgan fingerprint density at radius 3 is 2.56 bits per heavy atom. The molecule has 6 heteroatoms. The first-order chi connectivity index (χ1) is 7.44. The SMILES string of the molecule is COC(=O)c1ccccc1NCC(F)(F)F. The van der Waals surface area contributed by atoms with E-state index in [2.05, 4.69) is 10.1 Å². The van der Waals surface area contributed by atoms with Crippen LogP contribution in [0.5, 0.6) is 0 Å². The van der Waals surface area contributed by atoms with Crippen LogP contribution < -0.4 is 5.32 Å². The average Bonchev–Trinajstić information content (AvgIpc) is 2.25. The Morgan fingerprint density at radius 1 is 1.38 bits per heavy atom. The van der Waals surface area contributed by atoms with E-state index in [1.807, 2.05) is 0 Å². The first kappa shape index (κ1) is 12.4. The fourth-order valence-electron chi connectivity index (χ4n) is 1.12. The van der Waals surface area contributed by atoms with Gasteiger partial charge in [0.25, 0.3) is 0 Å². The van der Waals surface area contributed by atoms with E-state index in [-0.39, 0.29) is 11.3 Å². The number of hydrogen-bond donors (Lipinski definition) is 1. The van der Waals surface area contributed by atoms with Crippen molar-refractivity contribution in [1.29, 1.82) is 0 Å². The van der Waals surface area contributed by atoms with Crippen molar-refractivity contribution in [3.05, 3.63) is 29.8 Å². The molecule has 0 amide bonds. The molecule has 0 radical (unpaired) electrons. The van der Waals surface area contributed by atoms with Crippen molar-refractivity contribution in [2.24, 2.45) is 0 Å². The molecular formula is C10H10F3NO2. The topological polar surface area (TPSA) is 38.3 Å². The Balaban J connectivity index is 2.83. The third-order valence-corrected chi connectivity index (χ3v) is 1.81. The number of rotatable bonds is 3. The van der Waals surface area contributed by atoms with Gasteiger partial charge in [0.05, 0.1) is 12.7 Å². The minimum absolute atomic E-state index is 0.0780. The maximum Gasteiger partial charge on any atom is 0.405 e. The molecule has 0 aliphatic heterocycles. The van der Waals surface area contributed by atoms with Gasteiger partial charge in [-0.15, -0.1) is 0 Å². The summed E-state index contributed by atoms with van der Waals surface area (Å²) in [6, 6.07) is 5.86. The molecule has 16 heavy (non-hydrogen) atoms. The minimum Gasteiger partial charge on any atom is -0.465 e. The highest BCUT2D eigenvalue weighted by molar-refractivity contribution is 5.95. The highest BCUT2D eigenvalue weighted by Crippen LogP contribution is 2.20. The number of anilines is 1. The maximum atomic E-state index is 12.0. The van der Waals surface area contributed by atoms with Gasteiger partial charge in [-0.2, -0.15) is 13.2 Å². The van der Waals surface area contributed by atoms with Crippen molar-refractivity contribution in [3.63, 3.8) is 0 Å². The fourth-order valence-corrected chi connectivity index (χ4v) is 1.12. The molecule has 1 aromatic carbocycles. The number of ether oxygens (including phenoxy) is 1. The summed E-state index contributed by atoms with van der Waals surface area (Å²) < 4.78 is 40.4. The van der Waals surface area contributed by atoms with Crippen LogP contribution in [0.2, 0.25) is 0 Å². The lowest BCUT2D eigenvalue weighted by Gasteiger charge is -2.12. The van der Waals surface area contributed by atoms with Crippen molar-refractivity contribution in [3.8, 4) is 0 Å². The summed E-state index contributed by atoms with van der Waals surface area (Å²) in [4.78, 5) is 11.2. The van der Waals surface area contributed by atoms with E-state index in [9.17, 15) is 18.0 Å². The predicted molar refractivity (Wildman–Crippen MR) is 52.3 cm³/mol. The molecule has 0 aromatic heterocycles. The molecule has 0 saturated heterocycles. The van der Waals surface area contributed by atoms with E-state index in [1.54, 1.807) is 6.07 Å². The summed E-state index contributed by atoms with van der Waals surface area (Å²) in [5.74, 6) is -0.676. The van der Waals surface area contributed by atoms with Gasteiger partial charge in [0.15, 0.2) is 0 Å². The molecule has 88 valence electrons. The number of benzene rings is 1. The average molecular weight is 233 g/mol. The number of alkyl halides is 3. The van der Waals surface area contributed by atoms with Crippen LogP contribution in [0.25, 0.3) is 0 Å². The van der Waals surface area contributed by atoms with Crippen LogP contribution in [0.3, 0.4) is 0 Å². The van der Waals surface area contributed by atoms with Crippen molar-refractivity contribution >= 4 is 11.7 Å². The number of hydrogen-bond acceptors (Lipinski definition) is 3. The minimum atomic E-state index is -4.33. The van der Waals surface area contributed by atoms with E-state index in [4.69, 9.17) is 0 Å². The number of carbonyl (C=O) groups is 1. The van der Waals surface area contributed by atoms with Crippen LogP contribution in [0.1, 0.15) is 10.4 Å². The second-order valence-electron chi connectivity index (χ2n) is 3.01. The van der Waals surface area contributed by atoms with Crippen LogP contribution in [-0.2, 0) is 4.74 Å². The molecule has 1 rings (SSSR count).